The van der Waals surface area contributed by atoms with Gasteiger partial charge in [-0.05, 0) is 12.5 Å². The average Bonchev–Trinajstić information content (AvgIpc) is 2.41. The van der Waals surface area contributed by atoms with Gasteiger partial charge in [0.05, 0.1) is 4.92 Å². The molecular weight excluding hydrogens is 286 g/mol. The van der Waals surface area contributed by atoms with E-state index in [4.69, 9.17) is 0 Å². The van der Waals surface area contributed by atoms with Gasteiger partial charge in [-0.25, -0.2) is 13.1 Å². The van der Waals surface area contributed by atoms with E-state index in [2.05, 4.69) is 10.0 Å². The first kappa shape index (κ1) is 14.4. The Hall–Kier alpha value is -2.00. The summed E-state index contributed by atoms with van der Waals surface area (Å²) in [6.45, 7) is 0.179. The lowest BCUT2D eigenvalue weighted by Gasteiger charge is -2.23. The Balaban J connectivity index is 2.23. The first-order valence-corrected chi connectivity index (χ1v) is 7.41. The van der Waals surface area contributed by atoms with Gasteiger partial charge in [-0.2, -0.15) is 0 Å². The summed E-state index contributed by atoms with van der Waals surface area (Å²) in [6.07, 6.45) is 0.593. The minimum Gasteiger partial charge on any atom is -0.355 e. The third-order valence-corrected chi connectivity index (χ3v) is 4.51. The highest BCUT2D eigenvalue weighted by Crippen LogP contribution is 2.23. The number of piperidine rings is 1. The molecule has 0 bridgehead atoms. The summed E-state index contributed by atoms with van der Waals surface area (Å²) in [5, 5.41) is 13.4. The van der Waals surface area contributed by atoms with Gasteiger partial charge in [0.2, 0.25) is 15.9 Å². The standard InChI is InChI=1S/C11H13N3O5S/c15-11-6-5-8(7-12-11)13-20(18,19)10-4-2-1-3-9(10)14(16)17/h1-4,8,13H,5-7H2,(H,12,15). The second kappa shape index (κ2) is 5.55. The zero-order valence-corrected chi connectivity index (χ0v) is 11.2. The van der Waals surface area contributed by atoms with E-state index in [1.807, 2.05) is 0 Å². The number of nitro benzene ring substituents is 1. The Bertz CT molecular complexity index is 633. The Morgan fingerprint density at radius 2 is 2.05 bits per heavy atom. The predicted molar refractivity (Wildman–Crippen MR) is 69.4 cm³/mol. The van der Waals surface area contributed by atoms with Crippen molar-refractivity contribution >= 4 is 21.6 Å². The predicted octanol–water partition coefficient (Wildman–Crippen LogP) is 0.152. The summed E-state index contributed by atoms with van der Waals surface area (Å²) < 4.78 is 26.7. The monoisotopic (exact) mass is 299 g/mol. The van der Waals surface area contributed by atoms with E-state index < -0.39 is 26.7 Å². The van der Waals surface area contributed by atoms with Gasteiger partial charge in [0, 0.05) is 25.1 Å². The SMILES string of the molecule is O=C1CCC(NS(=O)(=O)c2ccccc2[N+](=O)[O-])CN1. The van der Waals surface area contributed by atoms with Gasteiger partial charge in [-0.15, -0.1) is 0 Å². The fourth-order valence-electron chi connectivity index (χ4n) is 1.95. The van der Waals surface area contributed by atoms with Gasteiger partial charge < -0.3 is 5.32 Å². The number of nitrogens with zero attached hydrogens (tertiary/aromatic N) is 1. The van der Waals surface area contributed by atoms with E-state index >= 15 is 0 Å². The molecular formula is C11H13N3O5S. The van der Waals surface area contributed by atoms with Crippen molar-refractivity contribution in [3.63, 3.8) is 0 Å². The molecule has 1 atom stereocenters. The molecule has 1 saturated heterocycles. The number of hydrogen-bond donors (Lipinski definition) is 2. The topological polar surface area (TPSA) is 118 Å². The average molecular weight is 299 g/mol. The maximum atomic E-state index is 12.2. The maximum Gasteiger partial charge on any atom is 0.289 e. The zero-order chi connectivity index (χ0) is 14.8. The van der Waals surface area contributed by atoms with Gasteiger partial charge in [-0.1, -0.05) is 12.1 Å². The van der Waals surface area contributed by atoms with Gasteiger partial charge in [0.1, 0.15) is 0 Å². The highest BCUT2D eigenvalue weighted by atomic mass is 32.2. The van der Waals surface area contributed by atoms with Crippen molar-refractivity contribution in [3.8, 4) is 0 Å². The van der Waals surface area contributed by atoms with Crippen LogP contribution in [-0.4, -0.2) is 31.8 Å². The third-order valence-electron chi connectivity index (χ3n) is 2.94. The van der Waals surface area contributed by atoms with Gasteiger partial charge in [-0.3, -0.25) is 14.9 Å². The Morgan fingerprint density at radius 1 is 1.35 bits per heavy atom. The number of amides is 1. The Morgan fingerprint density at radius 3 is 2.65 bits per heavy atom. The number of carbonyl (C=O) groups is 1. The fraction of sp³-hybridized carbons (Fsp3) is 0.364. The highest BCUT2D eigenvalue weighted by molar-refractivity contribution is 7.89. The van der Waals surface area contributed by atoms with Crippen LogP contribution in [-0.2, 0) is 14.8 Å². The van der Waals surface area contributed by atoms with Crippen molar-refractivity contribution in [2.75, 3.05) is 6.54 Å². The maximum absolute atomic E-state index is 12.2. The molecule has 1 aliphatic heterocycles. The quantitative estimate of drug-likeness (QED) is 0.606. The van der Waals surface area contributed by atoms with E-state index in [1.165, 1.54) is 18.2 Å². The summed E-state index contributed by atoms with van der Waals surface area (Å²) in [5.74, 6) is -0.133. The van der Waals surface area contributed by atoms with Crippen molar-refractivity contribution in [1.82, 2.24) is 10.0 Å². The van der Waals surface area contributed by atoms with Crippen LogP contribution in [0.25, 0.3) is 0 Å². The van der Waals surface area contributed by atoms with Crippen molar-refractivity contribution in [2.45, 2.75) is 23.8 Å². The summed E-state index contributed by atoms with van der Waals surface area (Å²) in [6, 6.07) is 4.68. The second-order valence-corrected chi connectivity index (χ2v) is 6.07. The molecule has 1 unspecified atom stereocenters. The lowest BCUT2D eigenvalue weighted by molar-refractivity contribution is -0.387. The number of rotatable bonds is 4. The van der Waals surface area contributed by atoms with Gasteiger partial charge in [0.25, 0.3) is 5.69 Å². The molecule has 2 rings (SSSR count). The molecule has 1 amide bonds. The summed E-state index contributed by atoms with van der Waals surface area (Å²) in [7, 11) is -4.00. The Labute approximate surface area is 115 Å². The van der Waals surface area contributed by atoms with Gasteiger partial charge in [0.15, 0.2) is 4.90 Å². The van der Waals surface area contributed by atoms with Crippen LogP contribution in [0.2, 0.25) is 0 Å². The molecule has 9 heteroatoms. The number of carbonyl (C=O) groups excluding carboxylic acids is 1. The molecule has 8 nitrogen and oxygen atoms in total. The van der Waals surface area contributed by atoms with Crippen LogP contribution < -0.4 is 10.0 Å². The van der Waals surface area contributed by atoms with E-state index in [1.54, 1.807) is 0 Å². The third kappa shape index (κ3) is 3.11. The van der Waals surface area contributed by atoms with E-state index in [0.29, 0.717) is 6.42 Å². The van der Waals surface area contributed by atoms with Crippen LogP contribution in [0.3, 0.4) is 0 Å². The van der Waals surface area contributed by atoms with Crippen molar-refractivity contribution in [3.05, 3.63) is 34.4 Å². The molecule has 1 fully saturated rings. The first-order chi connectivity index (χ1) is 9.40. The zero-order valence-electron chi connectivity index (χ0n) is 10.4. The van der Waals surface area contributed by atoms with Crippen molar-refractivity contribution < 1.29 is 18.1 Å². The minimum absolute atomic E-state index is 0.133. The van der Waals surface area contributed by atoms with E-state index in [9.17, 15) is 23.3 Å². The van der Waals surface area contributed by atoms with E-state index in [-0.39, 0.29) is 23.8 Å². The van der Waals surface area contributed by atoms with Crippen molar-refractivity contribution in [2.24, 2.45) is 0 Å². The van der Waals surface area contributed by atoms with Crippen LogP contribution in [0.15, 0.2) is 29.2 Å². The summed E-state index contributed by atoms with van der Waals surface area (Å²) in [5.41, 5.74) is -0.472. The van der Waals surface area contributed by atoms with Crippen LogP contribution in [0.5, 0.6) is 0 Å². The van der Waals surface area contributed by atoms with E-state index in [0.717, 1.165) is 6.07 Å². The molecule has 108 valence electrons. The molecule has 0 aromatic heterocycles. The molecule has 1 aromatic carbocycles. The van der Waals surface area contributed by atoms with Crippen LogP contribution >= 0.6 is 0 Å². The highest BCUT2D eigenvalue weighted by Gasteiger charge is 2.29. The lowest BCUT2D eigenvalue weighted by Crippen LogP contribution is -2.47. The number of nitrogens with one attached hydrogen (secondary N) is 2. The minimum atomic E-state index is -4.00. The molecule has 0 aliphatic carbocycles. The number of hydrogen-bond acceptors (Lipinski definition) is 5. The van der Waals surface area contributed by atoms with Gasteiger partial charge >= 0.3 is 0 Å². The molecule has 1 aliphatic rings. The normalized spacial score (nSPS) is 19.4. The molecule has 20 heavy (non-hydrogen) atoms. The summed E-state index contributed by atoms with van der Waals surface area (Å²) >= 11 is 0. The summed E-state index contributed by atoms with van der Waals surface area (Å²) in [4.78, 5) is 20.8. The van der Waals surface area contributed by atoms with Crippen LogP contribution in [0.1, 0.15) is 12.8 Å². The molecule has 0 spiro atoms. The molecule has 2 N–H and O–H groups in total. The number of benzene rings is 1. The number of sulfonamides is 1. The first-order valence-electron chi connectivity index (χ1n) is 5.92. The number of para-hydroxylation sites is 1. The Kier molecular flexibility index (Phi) is 4.00. The molecule has 1 aromatic rings. The number of nitro groups is 1. The largest absolute Gasteiger partial charge is 0.355 e. The molecule has 1 heterocycles. The smallest absolute Gasteiger partial charge is 0.289 e. The van der Waals surface area contributed by atoms with Crippen molar-refractivity contribution in [1.29, 1.82) is 0 Å². The lowest BCUT2D eigenvalue weighted by atomic mass is 10.1. The molecule has 0 saturated carbocycles. The molecule has 0 radical (unpaired) electrons. The fourth-order valence-corrected chi connectivity index (χ4v) is 3.39. The second-order valence-electron chi connectivity index (χ2n) is 4.39. The van der Waals surface area contributed by atoms with Crippen LogP contribution in [0.4, 0.5) is 5.69 Å². The van der Waals surface area contributed by atoms with Crippen LogP contribution in [0, 0.1) is 10.1 Å².